The maximum atomic E-state index is 12.4. The molecule has 148 valence electrons. The molecular weight excluding hydrogens is 373 g/mol. The summed E-state index contributed by atoms with van der Waals surface area (Å²) < 4.78 is 42.7. The standard InChI is InChI=1S/C19H19F3N4O2/c1-12(2)24-18(27)9-17-15-11-26(25-16(15)6-7-23-17)10-13-4-3-5-14(8-13)28-19(20,21)22/h3-8,11-12H,9-10H2,1-2H3,(H,24,27). The number of carbonyl (C=O) groups excluding carboxylic acids is 1. The zero-order chi connectivity index (χ0) is 20.3. The summed E-state index contributed by atoms with van der Waals surface area (Å²) in [6, 6.07) is 7.48. The number of benzene rings is 1. The molecule has 9 heteroatoms. The second kappa shape index (κ2) is 7.87. The molecule has 0 fully saturated rings. The highest BCUT2D eigenvalue weighted by Crippen LogP contribution is 2.24. The number of hydrogen-bond donors (Lipinski definition) is 1. The lowest BCUT2D eigenvalue weighted by Crippen LogP contribution is -2.31. The molecule has 2 aromatic heterocycles. The first-order valence-corrected chi connectivity index (χ1v) is 8.65. The van der Waals surface area contributed by atoms with Crippen LogP contribution in [0.15, 0.2) is 42.7 Å². The molecule has 1 amide bonds. The molecule has 0 saturated heterocycles. The van der Waals surface area contributed by atoms with E-state index in [1.807, 2.05) is 13.8 Å². The van der Waals surface area contributed by atoms with Crippen LogP contribution in [0.5, 0.6) is 5.75 Å². The third-order valence-electron chi connectivity index (χ3n) is 3.82. The SMILES string of the molecule is CC(C)NC(=O)Cc1nccc2nn(Cc3cccc(OC(F)(F)F)c3)cc12. The Morgan fingerprint density at radius 3 is 2.79 bits per heavy atom. The minimum Gasteiger partial charge on any atom is -0.406 e. The number of rotatable bonds is 6. The lowest BCUT2D eigenvalue weighted by Gasteiger charge is -2.10. The van der Waals surface area contributed by atoms with Gasteiger partial charge >= 0.3 is 6.36 Å². The van der Waals surface area contributed by atoms with E-state index in [1.165, 1.54) is 18.2 Å². The Morgan fingerprint density at radius 1 is 1.29 bits per heavy atom. The number of aromatic nitrogens is 3. The maximum Gasteiger partial charge on any atom is 0.573 e. The van der Waals surface area contributed by atoms with E-state index in [0.717, 1.165) is 5.39 Å². The van der Waals surface area contributed by atoms with Gasteiger partial charge in [-0.15, -0.1) is 13.2 Å². The van der Waals surface area contributed by atoms with Crippen LogP contribution in [0.2, 0.25) is 0 Å². The molecule has 0 aliphatic rings. The lowest BCUT2D eigenvalue weighted by molar-refractivity contribution is -0.274. The number of amides is 1. The second-order valence-electron chi connectivity index (χ2n) is 6.61. The van der Waals surface area contributed by atoms with Crippen LogP contribution < -0.4 is 10.1 Å². The van der Waals surface area contributed by atoms with Crippen molar-refractivity contribution >= 4 is 16.8 Å². The molecule has 1 aromatic carbocycles. The maximum absolute atomic E-state index is 12.4. The summed E-state index contributed by atoms with van der Waals surface area (Å²) in [4.78, 5) is 16.3. The van der Waals surface area contributed by atoms with E-state index in [9.17, 15) is 18.0 Å². The summed E-state index contributed by atoms with van der Waals surface area (Å²) in [7, 11) is 0. The number of nitrogens with zero attached hydrogens (tertiary/aromatic N) is 3. The van der Waals surface area contributed by atoms with Gasteiger partial charge in [0.2, 0.25) is 5.91 Å². The number of ether oxygens (including phenoxy) is 1. The first-order chi connectivity index (χ1) is 13.2. The molecule has 0 bridgehead atoms. The summed E-state index contributed by atoms with van der Waals surface area (Å²) in [6.07, 6.45) is -1.31. The summed E-state index contributed by atoms with van der Waals surface area (Å²) in [6.45, 7) is 4.00. The number of fused-ring (bicyclic) bond motifs is 1. The van der Waals surface area contributed by atoms with Gasteiger partial charge < -0.3 is 10.1 Å². The number of halogens is 3. The van der Waals surface area contributed by atoms with Crippen molar-refractivity contribution in [3.05, 3.63) is 54.0 Å². The molecule has 0 aliphatic heterocycles. The summed E-state index contributed by atoms with van der Waals surface area (Å²) in [5.74, 6) is -0.422. The number of hydrogen-bond acceptors (Lipinski definition) is 4. The van der Waals surface area contributed by atoms with E-state index in [1.54, 1.807) is 29.2 Å². The molecule has 1 N–H and O–H groups in total. The first kappa shape index (κ1) is 19.7. The largest absolute Gasteiger partial charge is 0.573 e. The van der Waals surface area contributed by atoms with Gasteiger partial charge in [0.25, 0.3) is 0 Å². The highest BCUT2D eigenvalue weighted by molar-refractivity contribution is 5.86. The Morgan fingerprint density at radius 2 is 2.07 bits per heavy atom. The van der Waals surface area contributed by atoms with E-state index in [0.29, 0.717) is 16.8 Å². The molecule has 6 nitrogen and oxygen atoms in total. The van der Waals surface area contributed by atoms with Gasteiger partial charge in [0.05, 0.1) is 24.2 Å². The van der Waals surface area contributed by atoms with Crippen LogP contribution in [0.1, 0.15) is 25.1 Å². The Bertz CT molecular complexity index is 983. The van der Waals surface area contributed by atoms with Gasteiger partial charge in [0, 0.05) is 23.8 Å². The van der Waals surface area contributed by atoms with E-state index in [4.69, 9.17) is 0 Å². The molecule has 0 unspecified atom stereocenters. The molecule has 0 aliphatic carbocycles. The molecule has 28 heavy (non-hydrogen) atoms. The predicted molar refractivity (Wildman–Crippen MR) is 96.7 cm³/mol. The quantitative estimate of drug-likeness (QED) is 0.698. The van der Waals surface area contributed by atoms with Crippen LogP contribution >= 0.6 is 0 Å². The van der Waals surface area contributed by atoms with Crippen molar-refractivity contribution in [1.82, 2.24) is 20.1 Å². The predicted octanol–water partition coefficient (Wildman–Crippen LogP) is 3.45. The van der Waals surface area contributed by atoms with E-state index in [-0.39, 0.29) is 30.7 Å². The topological polar surface area (TPSA) is 69.0 Å². The molecule has 0 spiro atoms. The number of carbonyl (C=O) groups is 1. The van der Waals surface area contributed by atoms with Gasteiger partial charge in [0.15, 0.2) is 0 Å². The fraction of sp³-hybridized carbons (Fsp3) is 0.316. The molecule has 0 radical (unpaired) electrons. The number of nitrogens with one attached hydrogen (secondary N) is 1. The Hall–Kier alpha value is -3.10. The molecule has 0 atom stereocenters. The van der Waals surface area contributed by atoms with Crippen LogP contribution in [0, 0.1) is 0 Å². The van der Waals surface area contributed by atoms with Gasteiger partial charge in [-0.2, -0.15) is 5.10 Å². The van der Waals surface area contributed by atoms with E-state index >= 15 is 0 Å². The second-order valence-corrected chi connectivity index (χ2v) is 6.61. The minimum atomic E-state index is -4.74. The van der Waals surface area contributed by atoms with Gasteiger partial charge in [-0.1, -0.05) is 12.1 Å². The van der Waals surface area contributed by atoms with Crippen LogP contribution in [-0.4, -0.2) is 33.1 Å². The normalized spacial score (nSPS) is 11.8. The highest BCUT2D eigenvalue weighted by Gasteiger charge is 2.31. The van der Waals surface area contributed by atoms with Crippen LogP contribution in [0.3, 0.4) is 0 Å². The third kappa shape index (κ3) is 5.21. The van der Waals surface area contributed by atoms with Crippen molar-refractivity contribution in [2.24, 2.45) is 0 Å². The van der Waals surface area contributed by atoms with Gasteiger partial charge in [0.1, 0.15) is 5.75 Å². The van der Waals surface area contributed by atoms with Crippen molar-refractivity contribution in [3.8, 4) is 5.75 Å². The Labute approximate surface area is 159 Å². The fourth-order valence-electron chi connectivity index (χ4n) is 2.82. The highest BCUT2D eigenvalue weighted by atomic mass is 19.4. The molecule has 3 rings (SSSR count). The zero-order valence-corrected chi connectivity index (χ0v) is 15.3. The summed E-state index contributed by atoms with van der Waals surface area (Å²) in [5, 5.41) is 7.96. The molecule has 2 heterocycles. The smallest absolute Gasteiger partial charge is 0.406 e. The van der Waals surface area contributed by atoms with Crippen molar-refractivity contribution in [3.63, 3.8) is 0 Å². The Balaban J connectivity index is 1.81. The minimum absolute atomic E-state index is 0.0284. The average molecular weight is 392 g/mol. The van der Waals surface area contributed by atoms with Crippen LogP contribution in [-0.2, 0) is 17.8 Å². The van der Waals surface area contributed by atoms with Gasteiger partial charge in [-0.3, -0.25) is 14.5 Å². The van der Waals surface area contributed by atoms with Crippen LogP contribution in [0.4, 0.5) is 13.2 Å². The van der Waals surface area contributed by atoms with Gasteiger partial charge in [-0.25, -0.2) is 0 Å². The number of alkyl halides is 3. The van der Waals surface area contributed by atoms with Gasteiger partial charge in [-0.05, 0) is 37.6 Å². The fourth-order valence-corrected chi connectivity index (χ4v) is 2.82. The third-order valence-corrected chi connectivity index (χ3v) is 3.82. The van der Waals surface area contributed by atoms with Crippen molar-refractivity contribution in [2.45, 2.75) is 39.2 Å². The summed E-state index contributed by atoms with van der Waals surface area (Å²) >= 11 is 0. The van der Waals surface area contributed by atoms with E-state index < -0.39 is 6.36 Å². The first-order valence-electron chi connectivity index (χ1n) is 8.65. The van der Waals surface area contributed by atoms with Crippen LogP contribution in [0.25, 0.3) is 10.9 Å². The Kier molecular flexibility index (Phi) is 5.53. The lowest BCUT2D eigenvalue weighted by atomic mass is 10.2. The van der Waals surface area contributed by atoms with Crippen molar-refractivity contribution in [1.29, 1.82) is 0 Å². The van der Waals surface area contributed by atoms with Crippen molar-refractivity contribution < 1.29 is 22.7 Å². The average Bonchev–Trinajstić information content (AvgIpc) is 2.96. The molecular formula is C19H19F3N4O2. The van der Waals surface area contributed by atoms with E-state index in [2.05, 4.69) is 20.1 Å². The summed E-state index contributed by atoms with van der Waals surface area (Å²) in [5.41, 5.74) is 1.85. The number of pyridine rings is 1. The molecule has 0 saturated carbocycles. The monoisotopic (exact) mass is 392 g/mol. The zero-order valence-electron chi connectivity index (χ0n) is 15.3. The van der Waals surface area contributed by atoms with Crippen molar-refractivity contribution in [2.75, 3.05) is 0 Å². The molecule has 3 aromatic rings.